The molecule has 1 aliphatic carbocycles. The van der Waals surface area contributed by atoms with Crippen LogP contribution in [0.4, 0.5) is 0 Å². The standard InChI is InChI=1S/C15H25NO3/c1-2-7-13(15(18)19)16-14(17)11-6-10-12-8-4-3-5-9-12/h2,12-13H,1,3-11H2,(H,16,17)(H,18,19). The van der Waals surface area contributed by atoms with Crippen LogP contribution in [0.3, 0.4) is 0 Å². The molecule has 0 saturated heterocycles. The molecule has 0 aromatic carbocycles. The maximum Gasteiger partial charge on any atom is 0.326 e. The summed E-state index contributed by atoms with van der Waals surface area (Å²) in [6.45, 7) is 3.50. The van der Waals surface area contributed by atoms with Crippen molar-refractivity contribution < 1.29 is 14.7 Å². The van der Waals surface area contributed by atoms with Gasteiger partial charge in [-0.1, -0.05) is 38.2 Å². The average molecular weight is 267 g/mol. The number of nitrogens with one attached hydrogen (secondary N) is 1. The van der Waals surface area contributed by atoms with Gasteiger partial charge in [0.15, 0.2) is 0 Å². The van der Waals surface area contributed by atoms with Crippen LogP contribution in [0.1, 0.15) is 57.8 Å². The molecule has 108 valence electrons. The van der Waals surface area contributed by atoms with E-state index in [1.165, 1.54) is 38.2 Å². The number of amides is 1. The molecule has 0 radical (unpaired) electrons. The van der Waals surface area contributed by atoms with Crippen molar-refractivity contribution in [3.63, 3.8) is 0 Å². The summed E-state index contributed by atoms with van der Waals surface area (Å²) in [7, 11) is 0. The van der Waals surface area contributed by atoms with Gasteiger partial charge in [0.1, 0.15) is 6.04 Å². The Balaban J connectivity index is 2.18. The number of hydrogen-bond acceptors (Lipinski definition) is 2. The summed E-state index contributed by atoms with van der Waals surface area (Å²) >= 11 is 0. The molecule has 1 unspecified atom stereocenters. The smallest absolute Gasteiger partial charge is 0.326 e. The summed E-state index contributed by atoms with van der Waals surface area (Å²) in [6.07, 6.45) is 10.7. The molecule has 0 heterocycles. The van der Waals surface area contributed by atoms with E-state index in [2.05, 4.69) is 11.9 Å². The van der Waals surface area contributed by atoms with Crippen LogP contribution in [-0.4, -0.2) is 23.0 Å². The molecule has 0 aliphatic heterocycles. The van der Waals surface area contributed by atoms with Crippen molar-refractivity contribution in [3.8, 4) is 0 Å². The van der Waals surface area contributed by atoms with Gasteiger partial charge < -0.3 is 10.4 Å². The minimum Gasteiger partial charge on any atom is -0.480 e. The van der Waals surface area contributed by atoms with Crippen molar-refractivity contribution in [1.29, 1.82) is 0 Å². The lowest BCUT2D eigenvalue weighted by molar-refractivity contribution is -0.141. The van der Waals surface area contributed by atoms with Gasteiger partial charge in [-0.05, 0) is 25.2 Å². The van der Waals surface area contributed by atoms with Crippen LogP contribution in [0.25, 0.3) is 0 Å². The third kappa shape index (κ3) is 6.41. The molecule has 1 saturated carbocycles. The molecule has 0 aromatic rings. The first-order valence-electron chi connectivity index (χ1n) is 7.26. The maximum absolute atomic E-state index is 11.7. The van der Waals surface area contributed by atoms with Crippen molar-refractivity contribution in [1.82, 2.24) is 5.32 Å². The average Bonchev–Trinajstić information content (AvgIpc) is 2.39. The monoisotopic (exact) mass is 267 g/mol. The first-order chi connectivity index (χ1) is 9.13. The molecule has 1 amide bonds. The SMILES string of the molecule is C=CCC(NC(=O)CCCC1CCCCC1)C(=O)O. The van der Waals surface area contributed by atoms with E-state index < -0.39 is 12.0 Å². The van der Waals surface area contributed by atoms with Crippen LogP contribution in [0.2, 0.25) is 0 Å². The summed E-state index contributed by atoms with van der Waals surface area (Å²) < 4.78 is 0. The van der Waals surface area contributed by atoms with Crippen LogP contribution < -0.4 is 5.32 Å². The predicted molar refractivity (Wildman–Crippen MR) is 74.8 cm³/mol. The molecule has 2 N–H and O–H groups in total. The maximum atomic E-state index is 11.7. The minimum atomic E-state index is -1.000. The molecule has 4 nitrogen and oxygen atoms in total. The summed E-state index contributed by atoms with van der Waals surface area (Å²) in [6, 6.07) is -0.834. The zero-order chi connectivity index (χ0) is 14.1. The van der Waals surface area contributed by atoms with Gasteiger partial charge in [-0.25, -0.2) is 4.79 Å². The van der Waals surface area contributed by atoms with Crippen LogP contribution in [0.15, 0.2) is 12.7 Å². The van der Waals surface area contributed by atoms with E-state index >= 15 is 0 Å². The van der Waals surface area contributed by atoms with E-state index in [1.807, 2.05) is 0 Å². The fourth-order valence-electron chi connectivity index (χ4n) is 2.68. The van der Waals surface area contributed by atoms with Gasteiger partial charge in [0.05, 0.1) is 0 Å². The van der Waals surface area contributed by atoms with Crippen LogP contribution in [0, 0.1) is 5.92 Å². The second kappa shape index (κ2) is 8.73. The second-order valence-electron chi connectivity index (χ2n) is 5.38. The molecule has 0 bridgehead atoms. The highest BCUT2D eigenvalue weighted by atomic mass is 16.4. The number of carbonyl (C=O) groups excluding carboxylic acids is 1. The van der Waals surface area contributed by atoms with E-state index in [-0.39, 0.29) is 12.3 Å². The highest BCUT2D eigenvalue weighted by Crippen LogP contribution is 2.27. The molecule has 1 rings (SSSR count). The van der Waals surface area contributed by atoms with Crippen molar-refractivity contribution in [2.24, 2.45) is 5.92 Å². The third-order valence-corrected chi connectivity index (χ3v) is 3.78. The normalized spacial score (nSPS) is 17.7. The van der Waals surface area contributed by atoms with Crippen LogP contribution in [0.5, 0.6) is 0 Å². The molecular formula is C15H25NO3. The Morgan fingerprint density at radius 1 is 1.32 bits per heavy atom. The summed E-state index contributed by atoms with van der Waals surface area (Å²) in [5.41, 5.74) is 0. The zero-order valence-electron chi connectivity index (χ0n) is 11.6. The number of hydrogen-bond donors (Lipinski definition) is 2. The number of aliphatic carboxylic acids is 1. The first-order valence-corrected chi connectivity index (χ1v) is 7.26. The van der Waals surface area contributed by atoms with E-state index in [9.17, 15) is 9.59 Å². The van der Waals surface area contributed by atoms with Gasteiger partial charge >= 0.3 is 5.97 Å². The first kappa shape index (κ1) is 15.7. The largest absolute Gasteiger partial charge is 0.480 e. The van der Waals surface area contributed by atoms with Gasteiger partial charge in [0, 0.05) is 6.42 Å². The minimum absolute atomic E-state index is 0.162. The molecule has 0 spiro atoms. The number of carbonyl (C=O) groups is 2. The van der Waals surface area contributed by atoms with E-state index in [1.54, 1.807) is 0 Å². The highest BCUT2D eigenvalue weighted by molar-refractivity contribution is 5.83. The van der Waals surface area contributed by atoms with E-state index in [0.29, 0.717) is 6.42 Å². The van der Waals surface area contributed by atoms with E-state index in [0.717, 1.165) is 18.8 Å². The predicted octanol–water partition coefficient (Wildman–Crippen LogP) is 2.88. The molecular weight excluding hydrogens is 242 g/mol. The Morgan fingerprint density at radius 2 is 2.00 bits per heavy atom. The summed E-state index contributed by atoms with van der Waals surface area (Å²) in [5, 5.41) is 11.5. The Bertz CT molecular complexity index is 309. The molecule has 4 heteroatoms. The lowest BCUT2D eigenvalue weighted by Gasteiger charge is -2.21. The Morgan fingerprint density at radius 3 is 2.58 bits per heavy atom. The van der Waals surface area contributed by atoms with Gasteiger partial charge in [-0.3, -0.25) is 4.79 Å². The van der Waals surface area contributed by atoms with Crippen molar-refractivity contribution in [2.45, 2.75) is 63.8 Å². The van der Waals surface area contributed by atoms with Gasteiger partial charge in [0.25, 0.3) is 0 Å². The summed E-state index contributed by atoms with van der Waals surface area (Å²) in [4.78, 5) is 22.5. The summed E-state index contributed by atoms with van der Waals surface area (Å²) in [5.74, 6) is -0.393. The highest BCUT2D eigenvalue weighted by Gasteiger charge is 2.18. The third-order valence-electron chi connectivity index (χ3n) is 3.78. The van der Waals surface area contributed by atoms with Crippen molar-refractivity contribution >= 4 is 11.9 Å². The molecule has 1 aliphatic rings. The fraction of sp³-hybridized carbons (Fsp3) is 0.733. The Kier molecular flexibility index (Phi) is 7.23. The topological polar surface area (TPSA) is 66.4 Å². The zero-order valence-corrected chi connectivity index (χ0v) is 11.6. The molecule has 1 atom stereocenters. The quantitative estimate of drug-likeness (QED) is 0.664. The Hall–Kier alpha value is -1.32. The number of rotatable bonds is 8. The van der Waals surface area contributed by atoms with Crippen molar-refractivity contribution in [3.05, 3.63) is 12.7 Å². The lowest BCUT2D eigenvalue weighted by atomic mass is 9.86. The van der Waals surface area contributed by atoms with E-state index in [4.69, 9.17) is 5.11 Å². The van der Waals surface area contributed by atoms with Crippen LogP contribution in [-0.2, 0) is 9.59 Å². The lowest BCUT2D eigenvalue weighted by Crippen LogP contribution is -2.40. The van der Waals surface area contributed by atoms with Crippen molar-refractivity contribution in [2.75, 3.05) is 0 Å². The molecule has 19 heavy (non-hydrogen) atoms. The van der Waals surface area contributed by atoms with Crippen LogP contribution >= 0.6 is 0 Å². The second-order valence-corrected chi connectivity index (χ2v) is 5.38. The van der Waals surface area contributed by atoms with Gasteiger partial charge in [0.2, 0.25) is 5.91 Å². The number of carboxylic acid groups (broad SMARTS) is 1. The number of carboxylic acids is 1. The Labute approximate surface area is 115 Å². The van der Waals surface area contributed by atoms with Gasteiger partial charge in [-0.15, -0.1) is 6.58 Å². The molecule has 0 aromatic heterocycles. The molecule has 1 fully saturated rings. The fourth-order valence-corrected chi connectivity index (χ4v) is 2.68. The van der Waals surface area contributed by atoms with Gasteiger partial charge in [-0.2, -0.15) is 0 Å².